The van der Waals surface area contributed by atoms with E-state index in [2.05, 4.69) is 5.10 Å². The number of nitro benzene ring substituents is 1. The molecule has 2 N–H and O–H groups in total. The molecule has 0 saturated carbocycles. The quantitative estimate of drug-likeness (QED) is 0.156. The van der Waals surface area contributed by atoms with Crippen LogP contribution in [0.25, 0.3) is 0 Å². The molecule has 166 valence electrons. The molecule has 1 aliphatic heterocycles. The van der Waals surface area contributed by atoms with Crippen molar-refractivity contribution in [1.29, 1.82) is 0 Å². The lowest BCUT2D eigenvalue weighted by atomic mass is 9.98. The Morgan fingerprint density at radius 1 is 1.23 bits per heavy atom. The topological polar surface area (TPSA) is 137 Å². The molecule has 0 aliphatic carbocycles. The fraction of sp³-hybridized carbons (Fsp3) is 0.316. The van der Waals surface area contributed by atoms with Gasteiger partial charge in [0.25, 0.3) is 5.69 Å². The largest absolute Gasteiger partial charge is 0.493 e. The van der Waals surface area contributed by atoms with Gasteiger partial charge in [-0.05, 0) is 30.9 Å². The Morgan fingerprint density at radius 3 is 2.61 bits per heavy atom. The predicted molar refractivity (Wildman–Crippen MR) is 115 cm³/mol. The van der Waals surface area contributed by atoms with Crippen LogP contribution in [0, 0.1) is 16.0 Å². The molecule has 31 heavy (non-hydrogen) atoms. The molecule has 1 saturated heterocycles. The van der Waals surface area contributed by atoms with Gasteiger partial charge in [0, 0.05) is 42.4 Å². The summed E-state index contributed by atoms with van der Waals surface area (Å²) in [4.78, 5) is 11.9. The van der Waals surface area contributed by atoms with Gasteiger partial charge < -0.3 is 19.7 Å². The van der Waals surface area contributed by atoms with Gasteiger partial charge in [-0.1, -0.05) is 17.7 Å². The van der Waals surface area contributed by atoms with Gasteiger partial charge in [-0.3, -0.25) is 10.1 Å². The van der Waals surface area contributed by atoms with E-state index >= 15 is 0 Å². The maximum atomic E-state index is 12.5. The lowest BCUT2D eigenvalue weighted by Gasteiger charge is -2.30. The second-order valence-electron chi connectivity index (χ2n) is 6.97. The Bertz CT molecular complexity index is 1070. The highest BCUT2D eigenvalue weighted by Crippen LogP contribution is 2.30. The summed E-state index contributed by atoms with van der Waals surface area (Å²) in [5.74, 6) is 5.79. The number of likely N-dealkylation sites (tertiary alicyclic amines) is 1. The number of hydrogen-bond donors (Lipinski definition) is 1. The van der Waals surface area contributed by atoms with Crippen LogP contribution in [0.2, 0.25) is 5.02 Å². The molecule has 0 amide bonds. The highest BCUT2D eigenvalue weighted by Gasteiger charge is 2.21. The fourth-order valence-corrected chi connectivity index (χ4v) is 4.31. The van der Waals surface area contributed by atoms with Crippen LogP contribution in [0.15, 0.2) is 52.5 Å². The van der Waals surface area contributed by atoms with Crippen LogP contribution < -0.4 is 14.8 Å². The highest BCUT2D eigenvalue weighted by atomic mass is 35.5. The summed E-state index contributed by atoms with van der Waals surface area (Å²) in [6, 6.07) is 8.91. The van der Waals surface area contributed by atoms with E-state index in [1.165, 1.54) is 30.3 Å². The number of benzene rings is 2. The zero-order chi connectivity index (χ0) is 22.4. The van der Waals surface area contributed by atoms with Crippen molar-refractivity contribution in [1.82, 2.24) is 4.90 Å². The van der Waals surface area contributed by atoms with E-state index in [4.69, 9.17) is 26.4 Å². The van der Waals surface area contributed by atoms with E-state index in [0.29, 0.717) is 18.3 Å². The van der Waals surface area contributed by atoms with Crippen molar-refractivity contribution in [3.63, 3.8) is 0 Å². The fourth-order valence-electron chi connectivity index (χ4n) is 3.14. The zero-order valence-electron chi connectivity index (χ0n) is 16.4. The van der Waals surface area contributed by atoms with Gasteiger partial charge in [-0.25, -0.2) is 0 Å². The maximum Gasteiger partial charge on any atom is 0.339 e. The molecular formula is C19H21ClN4O6S. The molecule has 2 aromatic rings. The number of hydrazone groups is 1. The molecule has 10 nitrogen and oxygen atoms in total. The molecule has 0 bridgehead atoms. The number of halogens is 1. The highest BCUT2D eigenvalue weighted by molar-refractivity contribution is 7.87. The predicted octanol–water partition coefficient (Wildman–Crippen LogP) is 3.01. The molecule has 1 aliphatic rings. The Balaban J connectivity index is 1.67. The molecule has 0 radical (unpaired) electrons. The first-order valence-electron chi connectivity index (χ1n) is 9.36. The third-order valence-electron chi connectivity index (χ3n) is 4.73. The van der Waals surface area contributed by atoms with E-state index in [9.17, 15) is 18.5 Å². The molecule has 1 heterocycles. The molecule has 3 rings (SSSR count). The van der Waals surface area contributed by atoms with Crippen molar-refractivity contribution in [2.45, 2.75) is 17.7 Å². The van der Waals surface area contributed by atoms with Crippen LogP contribution in [-0.2, 0) is 10.1 Å². The second-order valence-corrected chi connectivity index (χ2v) is 8.95. The van der Waals surface area contributed by atoms with Crippen molar-refractivity contribution >= 4 is 33.7 Å². The van der Waals surface area contributed by atoms with Gasteiger partial charge in [-0.2, -0.15) is 13.5 Å². The van der Waals surface area contributed by atoms with E-state index in [1.54, 1.807) is 12.4 Å². The molecule has 2 aromatic carbocycles. The Morgan fingerprint density at radius 2 is 1.94 bits per heavy atom. The summed E-state index contributed by atoms with van der Waals surface area (Å²) in [5, 5.41) is 14.7. The van der Waals surface area contributed by atoms with E-state index < -0.39 is 15.0 Å². The zero-order valence-corrected chi connectivity index (χ0v) is 18.0. The average molecular weight is 469 g/mol. The Labute approximate surface area is 184 Å². The normalized spacial score (nSPS) is 15.2. The maximum absolute atomic E-state index is 12.5. The lowest BCUT2D eigenvalue weighted by Crippen LogP contribution is -2.34. The number of piperidine rings is 1. The molecule has 0 unspecified atom stereocenters. The van der Waals surface area contributed by atoms with E-state index in [0.717, 1.165) is 32.0 Å². The number of rotatable bonds is 8. The van der Waals surface area contributed by atoms with Crippen LogP contribution in [0.5, 0.6) is 11.5 Å². The first-order valence-corrected chi connectivity index (χ1v) is 11.2. The number of non-ortho nitro benzene ring substituents is 1. The average Bonchev–Trinajstić information content (AvgIpc) is 2.73. The van der Waals surface area contributed by atoms with Gasteiger partial charge in [0.2, 0.25) is 0 Å². The second kappa shape index (κ2) is 9.84. The third kappa shape index (κ3) is 6.22. The van der Waals surface area contributed by atoms with Crippen molar-refractivity contribution in [2.24, 2.45) is 16.9 Å². The molecule has 0 aromatic heterocycles. The van der Waals surface area contributed by atoms with Crippen LogP contribution in [0.4, 0.5) is 5.69 Å². The van der Waals surface area contributed by atoms with Crippen molar-refractivity contribution < 1.29 is 22.3 Å². The van der Waals surface area contributed by atoms with Crippen LogP contribution in [0.3, 0.4) is 0 Å². The smallest absolute Gasteiger partial charge is 0.339 e. The summed E-state index contributed by atoms with van der Waals surface area (Å²) in [5.41, 5.74) is -0.358. The van der Waals surface area contributed by atoms with Crippen molar-refractivity contribution in [2.75, 3.05) is 19.7 Å². The monoisotopic (exact) mass is 468 g/mol. The number of nitrogens with two attached hydrogens (primary N) is 1. The van der Waals surface area contributed by atoms with Gasteiger partial charge in [-0.15, -0.1) is 0 Å². The van der Waals surface area contributed by atoms with Crippen molar-refractivity contribution in [3.8, 4) is 11.5 Å². The number of nitrogens with zero attached hydrogens (tertiary/aromatic N) is 3. The summed E-state index contributed by atoms with van der Waals surface area (Å²) >= 11 is 6.09. The Kier molecular flexibility index (Phi) is 7.18. The summed E-state index contributed by atoms with van der Waals surface area (Å²) in [6.45, 7) is 2.07. The molecule has 1 fully saturated rings. The minimum absolute atomic E-state index is 0.0528. The lowest BCUT2D eigenvalue weighted by molar-refractivity contribution is -0.385. The SMILES string of the molecule is NN=CN1CCC(COc2cc(Cl)cc(OS(=O)(=O)c3cccc([N+](=O)[O-])c3)c2)CC1. The third-order valence-corrected chi connectivity index (χ3v) is 6.19. The minimum Gasteiger partial charge on any atom is -0.493 e. The minimum atomic E-state index is -4.30. The first-order chi connectivity index (χ1) is 14.8. The standard InChI is InChI=1S/C19H21ClN4O6S/c20-15-8-17(29-12-14-4-6-23(7-5-14)13-22-21)11-18(9-15)30-31(27,28)19-3-1-2-16(10-19)24(25)26/h1-3,8-11,13-14H,4-7,12,21H2. The summed E-state index contributed by atoms with van der Waals surface area (Å²) < 4.78 is 36.0. The summed E-state index contributed by atoms with van der Waals surface area (Å²) in [6.07, 6.45) is 3.41. The molecule has 0 atom stereocenters. The number of nitro groups is 1. The van der Waals surface area contributed by atoms with Gasteiger partial charge in [0.1, 0.15) is 22.7 Å². The van der Waals surface area contributed by atoms with Crippen LogP contribution in [-0.4, -0.2) is 44.3 Å². The molecular weight excluding hydrogens is 448 g/mol. The number of ether oxygens (including phenoxy) is 1. The van der Waals surface area contributed by atoms with E-state index in [-0.39, 0.29) is 21.4 Å². The summed E-state index contributed by atoms with van der Waals surface area (Å²) in [7, 11) is -4.30. The first kappa shape index (κ1) is 22.6. The van der Waals surface area contributed by atoms with Gasteiger partial charge in [0.05, 0.1) is 11.5 Å². The van der Waals surface area contributed by atoms with Gasteiger partial charge in [0.15, 0.2) is 0 Å². The molecule has 0 spiro atoms. The molecule has 12 heteroatoms. The number of hydrogen-bond acceptors (Lipinski definition) is 8. The van der Waals surface area contributed by atoms with Crippen LogP contribution >= 0.6 is 11.6 Å². The van der Waals surface area contributed by atoms with E-state index in [1.807, 2.05) is 4.90 Å². The van der Waals surface area contributed by atoms with Gasteiger partial charge >= 0.3 is 10.1 Å². The van der Waals surface area contributed by atoms with Crippen LogP contribution in [0.1, 0.15) is 12.8 Å². The Hall–Kier alpha value is -3.05. The van der Waals surface area contributed by atoms with Crippen molar-refractivity contribution in [3.05, 3.63) is 57.6 Å².